The standard InChI is InChI=1S/C7H9FN2O2/c8-2-1-3-10-5-6(4-9-10)7(11)12/h4-5H,1-3H2,(H,11,12). The zero-order valence-electron chi connectivity index (χ0n) is 6.40. The second-order valence-electron chi connectivity index (χ2n) is 2.34. The van der Waals surface area contributed by atoms with Crippen molar-refractivity contribution in [3.63, 3.8) is 0 Å². The number of carboxylic acids is 1. The molecule has 1 aromatic rings. The maximum absolute atomic E-state index is 11.7. The van der Waals surface area contributed by atoms with Gasteiger partial charge in [-0.25, -0.2) is 4.79 Å². The summed E-state index contributed by atoms with van der Waals surface area (Å²) in [5.41, 5.74) is 0.133. The number of nitrogens with zero attached hydrogens (tertiary/aromatic N) is 2. The molecule has 0 saturated carbocycles. The fraction of sp³-hybridized carbons (Fsp3) is 0.429. The second-order valence-corrected chi connectivity index (χ2v) is 2.34. The molecule has 0 fully saturated rings. The van der Waals surface area contributed by atoms with Crippen molar-refractivity contribution in [1.29, 1.82) is 0 Å². The highest BCUT2D eigenvalue weighted by molar-refractivity contribution is 5.86. The monoisotopic (exact) mass is 172 g/mol. The van der Waals surface area contributed by atoms with Gasteiger partial charge in [0.25, 0.3) is 0 Å². The Morgan fingerprint density at radius 2 is 2.50 bits per heavy atom. The molecule has 0 radical (unpaired) electrons. The quantitative estimate of drug-likeness (QED) is 0.735. The highest BCUT2D eigenvalue weighted by Crippen LogP contribution is 1.98. The van der Waals surface area contributed by atoms with Crippen LogP contribution in [0, 0.1) is 0 Å². The van der Waals surface area contributed by atoms with Crippen LogP contribution >= 0.6 is 0 Å². The topological polar surface area (TPSA) is 55.1 Å². The summed E-state index contributed by atoms with van der Waals surface area (Å²) in [5.74, 6) is -1.01. The van der Waals surface area contributed by atoms with Crippen LogP contribution in [0.5, 0.6) is 0 Å². The number of hydrogen-bond acceptors (Lipinski definition) is 2. The lowest BCUT2D eigenvalue weighted by Gasteiger charge is -1.95. The van der Waals surface area contributed by atoms with E-state index in [4.69, 9.17) is 5.11 Å². The molecule has 66 valence electrons. The molecule has 1 aromatic heterocycles. The molecule has 1 heterocycles. The highest BCUT2D eigenvalue weighted by atomic mass is 19.1. The first-order chi connectivity index (χ1) is 5.74. The number of carbonyl (C=O) groups is 1. The lowest BCUT2D eigenvalue weighted by atomic mass is 10.4. The summed E-state index contributed by atoms with van der Waals surface area (Å²) in [6, 6.07) is 0. The third-order valence-corrected chi connectivity index (χ3v) is 1.40. The first kappa shape index (κ1) is 8.70. The van der Waals surface area contributed by atoms with Crippen LogP contribution in [0.3, 0.4) is 0 Å². The minimum absolute atomic E-state index is 0.133. The van der Waals surface area contributed by atoms with E-state index in [1.165, 1.54) is 17.1 Å². The normalized spacial score (nSPS) is 10.1. The van der Waals surface area contributed by atoms with Crippen molar-refractivity contribution in [2.24, 2.45) is 0 Å². The smallest absolute Gasteiger partial charge is 0.338 e. The summed E-state index contributed by atoms with van der Waals surface area (Å²) in [5, 5.41) is 12.2. The van der Waals surface area contributed by atoms with Gasteiger partial charge < -0.3 is 5.11 Å². The molecule has 0 aliphatic heterocycles. The van der Waals surface area contributed by atoms with Gasteiger partial charge in [0.1, 0.15) is 0 Å². The molecule has 1 N–H and O–H groups in total. The minimum Gasteiger partial charge on any atom is -0.478 e. The lowest BCUT2D eigenvalue weighted by molar-refractivity contribution is 0.0697. The van der Waals surface area contributed by atoms with Crippen LogP contribution in [0.1, 0.15) is 16.8 Å². The lowest BCUT2D eigenvalue weighted by Crippen LogP contribution is -1.99. The van der Waals surface area contributed by atoms with Crippen molar-refractivity contribution in [2.45, 2.75) is 13.0 Å². The maximum atomic E-state index is 11.7. The Labute approximate surface area is 68.6 Å². The Morgan fingerprint density at radius 3 is 3.00 bits per heavy atom. The Bertz CT molecular complexity index is 272. The van der Waals surface area contributed by atoms with E-state index >= 15 is 0 Å². The Hall–Kier alpha value is -1.39. The van der Waals surface area contributed by atoms with Crippen LogP contribution in [-0.4, -0.2) is 27.5 Å². The van der Waals surface area contributed by atoms with E-state index in [-0.39, 0.29) is 5.56 Å². The van der Waals surface area contributed by atoms with Crippen LogP contribution in [0.2, 0.25) is 0 Å². The van der Waals surface area contributed by atoms with Crippen LogP contribution in [0.15, 0.2) is 12.4 Å². The molecule has 0 aromatic carbocycles. The van der Waals surface area contributed by atoms with Crippen LogP contribution in [0.25, 0.3) is 0 Å². The largest absolute Gasteiger partial charge is 0.478 e. The zero-order chi connectivity index (χ0) is 8.97. The Kier molecular flexibility index (Phi) is 2.79. The van der Waals surface area contributed by atoms with Gasteiger partial charge in [-0.2, -0.15) is 5.10 Å². The number of rotatable bonds is 4. The number of aryl methyl sites for hydroxylation is 1. The fourth-order valence-electron chi connectivity index (χ4n) is 0.818. The third kappa shape index (κ3) is 2.05. The van der Waals surface area contributed by atoms with Gasteiger partial charge in [-0.05, 0) is 6.42 Å². The summed E-state index contributed by atoms with van der Waals surface area (Å²) < 4.78 is 13.1. The van der Waals surface area contributed by atoms with Crippen molar-refractivity contribution in [3.05, 3.63) is 18.0 Å². The first-order valence-electron chi connectivity index (χ1n) is 3.55. The van der Waals surface area contributed by atoms with Crippen molar-refractivity contribution in [3.8, 4) is 0 Å². The molecule has 12 heavy (non-hydrogen) atoms. The van der Waals surface area contributed by atoms with E-state index in [0.29, 0.717) is 13.0 Å². The predicted molar refractivity (Wildman–Crippen MR) is 39.8 cm³/mol. The van der Waals surface area contributed by atoms with Crippen LogP contribution in [-0.2, 0) is 6.54 Å². The van der Waals surface area contributed by atoms with Gasteiger partial charge in [-0.1, -0.05) is 0 Å². The number of hydrogen-bond donors (Lipinski definition) is 1. The summed E-state index contributed by atoms with van der Waals surface area (Å²) in [6.07, 6.45) is 3.00. The zero-order valence-corrected chi connectivity index (χ0v) is 6.40. The second kappa shape index (κ2) is 3.85. The molecular formula is C7H9FN2O2. The molecule has 0 aliphatic carbocycles. The number of alkyl halides is 1. The SMILES string of the molecule is O=C(O)c1cnn(CCCF)c1. The van der Waals surface area contributed by atoms with Gasteiger partial charge in [-0.3, -0.25) is 9.07 Å². The van der Waals surface area contributed by atoms with E-state index < -0.39 is 12.6 Å². The van der Waals surface area contributed by atoms with Gasteiger partial charge in [0.05, 0.1) is 18.4 Å². The molecule has 0 bridgehead atoms. The number of aromatic nitrogens is 2. The molecule has 5 heteroatoms. The molecule has 0 spiro atoms. The van der Waals surface area contributed by atoms with Gasteiger partial charge in [-0.15, -0.1) is 0 Å². The Balaban J connectivity index is 2.58. The summed E-state index contributed by atoms with van der Waals surface area (Å²) in [7, 11) is 0. The first-order valence-corrected chi connectivity index (χ1v) is 3.55. The highest BCUT2D eigenvalue weighted by Gasteiger charge is 2.04. The molecule has 0 saturated heterocycles. The third-order valence-electron chi connectivity index (χ3n) is 1.40. The van der Waals surface area contributed by atoms with Gasteiger partial charge >= 0.3 is 5.97 Å². The maximum Gasteiger partial charge on any atom is 0.338 e. The van der Waals surface area contributed by atoms with E-state index in [2.05, 4.69) is 5.10 Å². The van der Waals surface area contributed by atoms with Gasteiger partial charge in [0, 0.05) is 12.7 Å². The van der Waals surface area contributed by atoms with Crippen molar-refractivity contribution in [2.75, 3.05) is 6.67 Å². The van der Waals surface area contributed by atoms with E-state index in [1.54, 1.807) is 0 Å². The number of carboxylic acid groups (broad SMARTS) is 1. The summed E-state index contributed by atoms with van der Waals surface area (Å²) in [6.45, 7) is 0.00600. The van der Waals surface area contributed by atoms with Crippen LogP contribution < -0.4 is 0 Å². The molecule has 1 rings (SSSR count). The number of aromatic carboxylic acids is 1. The average molecular weight is 172 g/mol. The van der Waals surface area contributed by atoms with Gasteiger partial charge in [0.15, 0.2) is 0 Å². The molecule has 0 unspecified atom stereocenters. The molecule has 0 atom stereocenters. The fourth-order valence-corrected chi connectivity index (χ4v) is 0.818. The Morgan fingerprint density at radius 1 is 1.75 bits per heavy atom. The van der Waals surface area contributed by atoms with Gasteiger partial charge in [0.2, 0.25) is 0 Å². The molecular weight excluding hydrogens is 163 g/mol. The predicted octanol–water partition coefficient (Wildman–Crippen LogP) is 0.941. The van der Waals surface area contributed by atoms with Crippen molar-refractivity contribution < 1.29 is 14.3 Å². The van der Waals surface area contributed by atoms with Crippen molar-refractivity contribution in [1.82, 2.24) is 9.78 Å². The summed E-state index contributed by atoms with van der Waals surface area (Å²) >= 11 is 0. The molecule has 0 amide bonds. The molecule has 0 aliphatic rings. The minimum atomic E-state index is -1.01. The van der Waals surface area contributed by atoms with E-state index in [9.17, 15) is 9.18 Å². The average Bonchev–Trinajstić information content (AvgIpc) is 2.48. The summed E-state index contributed by atoms with van der Waals surface area (Å²) in [4.78, 5) is 10.4. The molecule has 4 nitrogen and oxygen atoms in total. The van der Waals surface area contributed by atoms with E-state index in [1.807, 2.05) is 0 Å². The number of halogens is 1. The van der Waals surface area contributed by atoms with Crippen LogP contribution in [0.4, 0.5) is 4.39 Å². The van der Waals surface area contributed by atoms with Crippen molar-refractivity contribution >= 4 is 5.97 Å². The van der Waals surface area contributed by atoms with E-state index in [0.717, 1.165) is 0 Å².